The summed E-state index contributed by atoms with van der Waals surface area (Å²) in [7, 11) is 0. The lowest BCUT2D eigenvalue weighted by Crippen LogP contribution is -2.57. The van der Waals surface area contributed by atoms with Gasteiger partial charge in [0.1, 0.15) is 6.04 Å². The minimum atomic E-state index is -0.316. The van der Waals surface area contributed by atoms with Crippen molar-refractivity contribution in [1.82, 2.24) is 10.2 Å². The Morgan fingerprint density at radius 2 is 2.38 bits per heavy atom. The molecule has 4 nitrogen and oxygen atoms in total. The molecule has 0 saturated carbocycles. The Kier molecular flexibility index (Phi) is 3.24. The average molecular weight is 238 g/mol. The molecular weight excluding hydrogens is 224 g/mol. The van der Waals surface area contributed by atoms with E-state index < -0.39 is 0 Å². The molecule has 2 amide bonds. The van der Waals surface area contributed by atoms with Gasteiger partial charge in [0.2, 0.25) is 11.8 Å². The van der Waals surface area contributed by atoms with E-state index in [2.05, 4.69) is 5.32 Å². The molecule has 2 rings (SSSR count). The molecule has 16 heavy (non-hydrogen) atoms. The van der Waals surface area contributed by atoms with Gasteiger partial charge in [-0.05, 0) is 17.9 Å². The predicted molar refractivity (Wildman–Crippen MR) is 62.0 cm³/mol. The van der Waals surface area contributed by atoms with Crippen LogP contribution in [0.5, 0.6) is 0 Å². The number of hydrogen-bond acceptors (Lipinski definition) is 3. The van der Waals surface area contributed by atoms with Crippen molar-refractivity contribution in [2.45, 2.75) is 25.9 Å². The standard InChI is InChI=1S/C11H14N2O2S/c1-2-9-11(15)12-6-10(14)13(9)7-8-4-3-5-16-8/h3-5,9H,2,6-7H2,1H3,(H,12,15). The number of amides is 2. The zero-order chi connectivity index (χ0) is 11.5. The topological polar surface area (TPSA) is 49.4 Å². The zero-order valence-corrected chi connectivity index (χ0v) is 9.92. The Morgan fingerprint density at radius 3 is 3.00 bits per heavy atom. The van der Waals surface area contributed by atoms with E-state index in [1.807, 2.05) is 24.4 Å². The van der Waals surface area contributed by atoms with Gasteiger partial charge in [-0.15, -0.1) is 11.3 Å². The Labute approximate surface area is 98.3 Å². The van der Waals surface area contributed by atoms with Gasteiger partial charge < -0.3 is 10.2 Å². The summed E-state index contributed by atoms with van der Waals surface area (Å²) in [4.78, 5) is 26.1. The van der Waals surface area contributed by atoms with Crippen LogP contribution in [0.15, 0.2) is 17.5 Å². The van der Waals surface area contributed by atoms with Crippen molar-refractivity contribution in [3.8, 4) is 0 Å². The summed E-state index contributed by atoms with van der Waals surface area (Å²) in [6.45, 7) is 2.59. The lowest BCUT2D eigenvalue weighted by Gasteiger charge is -2.34. The van der Waals surface area contributed by atoms with Gasteiger partial charge >= 0.3 is 0 Å². The van der Waals surface area contributed by atoms with Gasteiger partial charge in [0.05, 0.1) is 13.1 Å². The van der Waals surface area contributed by atoms with Crippen molar-refractivity contribution < 1.29 is 9.59 Å². The maximum atomic E-state index is 11.8. The maximum Gasteiger partial charge on any atom is 0.243 e. The SMILES string of the molecule is CCC1C(=O)NCC(=O)N1Cc1cccs1. The second-order valence-corrected chi connectivity index (χ2v) is 4.78. The normalized spacial score (nSPS) is 21.1. The Bertz CT molecular complexity index is 389. The molecule has 1 aromatic heterocycles. The van der Waals surface area contributed by atoms with E-state index in [9.17, 15) is 9.59 Å². The number of thiophene rings is 1. The fraction of sp³-hybridized carbons (Fsp3) is 0.455. The van der Waals surface area contributed by atoms with Crippen molar-refractivity contribution in [3.05, 3.63) is 22.4 Å². The van der Waals surface area contributed by atoms with E-state index in [1.165, 1.54) is 0 Å². The van der Waals surface area contributed by atoms with E-state index in [0.717, 1.165) is 4.88 Å². The van der Waals surface area contributed by atoms with Gasteiger partial charge in [0, 0.05) is 4.88 Å². The van der Waals surface area contributed by atoms with Crippen LogP contribution in [-0.4, -0.2) is 29.3 Å². The van der Waals surface area contributed by atoms with Gasteiger partial charge in [0.15, 0.2) is 0 Å². The first kappa shape index (κ1) is 11.1. The van der Waals surface area contributed by atoms with Gasteiger partial charge in [-0.25, -0.2) is 0 Å². The molecule has 0 aromatic carbocycles. The monoisotopic (exact) mass is 238 g/mol. The highest BCUT2D eigenvalue weighted by Gasteiger charge is 2.32. The molecule has 1 aliphatic heterocycles. The first-order valence-corrected chi connectivity index (χ1v) is 6.20. The van der Waals surface area contributed by atoms with E-state index in [0.29, 0.717) is 13.0 Å². The molecule has 1 fully saturated rings. The van der Waals surface area contributed by atoms with E-state index in [4.69, 9.17) is 0 Å². The molecule has 5 heteroatoms. The van der Waals surface area contributed by atoms with Crippen molar-refractivity contribution in [2.24, 2.45) is 0 Å². The fourth-order valence-electron chi connectivity index (χ4n) is 1.87. The maximum absolute atomic E-state index is 11.8. The number of carbonyl (C=O) groups is 2. The van der Waals surface area contributed by atoms with Crippen LogP contribution in [-0.2, 0) is 16.1 Å². The van der Waals surface area contributed by atoms with Crippen LogP contribution in [0.1, 0.15) is 18.2 Å². The smallest absolute Gasteiger partial charge is 0.243 e. The van der Waals surface area contributed by atoms with Crippen LogP contribution in [0.25, 0.3) is 0 Å². The highest BCUT2D eigenvalue weighted by atomic mass is 32.1. The number of rotatable bonds is 3. The Balaban J connectivity index is 2.15. The number of hydrogen-bond donors (Lipinski definition) is 1. The van der Waals surface area contributed by atoms with Gasteiger partial charge in [-0.2, -0.15) is 0 Å². The second kappa shape index (κ2) is 4.65. The first-order valence-electron chi connectivity index (χ1n) is 5.32. The summed E-state index contributed by atoms with van der Waals surface area (Å²) in [6.07, 6.45) is 0.656. The summed E-state index contributed by atoms with van der Waals surface area (Å²) >= 11 is 1.61. The molecule has 0 spiro atoms. The predicted octanol–water partition coefficient (Wildman–Crippen LogP) is 0.985. The molecule has 0 aliphatic carbocycles. The Morgan fingerprint density at radius 1 is 1.56 bits per heavy atom. The number of nitrogens with zero attached hydrogens (tertiary/aromatic N) is 1. The summed E-state index contributed by atoms with van der Waals surface area (Å²) in [6, 6.07) is 3.62. The summed E-state index contributed by atoms with van der Waals surface area (Å²) in [5, 5.41) is 4.59. The third-order valence-electron chi connectivity index (χ3n) is 2.71. The van der Waals surface area contributed by atoms with Crippen LogP contribution in [0.4, 0.5) is 0 Å². The minimum absolute atomic E-state index is 0.000139. The lowest BCUT2D eigenvalue weighted by atomic mass is 10.1. The summed E-state index contributed by atoms with van der Waals surface area (Å²) in [5.74, 6) is -0.0430. The van der Waals surface area contributed by atoms with Gasteiger partial charge in [-0.1, -0.05) is 13.0 Å². The molecule has 2 heterocycles. The molecule has 86 valence electrons. The average Bonchev–Trinajstić information content (AvgIpc) is 2.77. The molecule has 1 N–H and O–H groups in total. The van der Waals surface area contributed by atoms with E-state index in [-0.39, 0.29) is 24.4 Å². The quantitative estimate of drug-likeness (QED) is 0.853. The van der Waals surface area contributed by atoms with Crippen molar-refractivity contribution in [1.29, 1.82) is 0 Å². The molecule has 0 radical (unpaired) electrons. The van der Waals surface area contributed by atoms with Crippen LogP contribution < -0.4 is 5.32 Å². The number of nitrogens with one attached hydrogen (secondary N) is 1. The third-order valence-corrected chi connectivity index (χ3v) is 3.57. The molecule has 1 aromatic rings. The number of carbonyl (C=O) groups excluding carboxylic acids is 2. The number of piperazine rings is 1. The van der Waals surface area contributed by atoms with E-state index in [1.54, 1.807) is 16.2 Å². The van der Waals surface area contributed by atoms with Crippen molar-refractivity contribution in [2.75, 3.05) is 6.54 Å². The molecule has 1 saturated heterocycles. The fourth-order valence-corrected chi connectivity index (χ4v) is 2.57. The molecule has 1 unspecified atom stereocenters. The largest absolute Gasteiger partial charge is 0.345 e. The van der Waals surface area contributed by atoms with Crippen LogP contribution in [0, 0.1) is 0 Å². The zero-order valence-electron chi connectivity index (χ0n) is 9.10. The molecule has 1 aliphatic rings. The highest BCUT2D eigenvalue weighted by Crippen LogP contribution is 2.17. The van der Waals surface area contributed by atoms with Crippen LogP contribution in [0.3, 0.4) is 0 Å². The van der Waals surface area contributed by atoms with Crippen molar-refractivity contribution in [3.63, 3.8) is 0 Å². The van der Waals surface area contributed by atoms with Gasteiger partial charge in [-0.3, -0.25) is 9.59 Å². The summed E-state index contributed by atoms with van der Waals surface area (Å²) in [5.41, 5.74) is 0. The van der Waals surface area contributed by atoms with Crippen LogP contribution in [0.2, 0.25) is 0 Å². The second-order valence-electron chi connectivity index (χ2n) is 3.74. The molecule has 1 atom stereocenters. The summed E-state index contributed by atoms with van der Waals surface area (Å²) < 4.78 is 0. The Hall–Kier alpha value is -1.36. The van der Waals surface area contributed by atoms with E-state index >= 15 is 0 Å². The molecular formula is C11H14N2O2S. The van der Waals surface area contributed by atoms with Crippen molar-refractivity contribution >= 4 is 23.2 Å². The highest BCUT2D eigenvalue weighted by molar-refractivity contribution is 7.09. The third kappa shape index (κ3) is 2.09. The minimum Gasteiger partial charge on any atom is -0.345 e. The first-order chi connectivity index (χ1) is 7.72. The van der Waals surface area contributed by atoms with Crippen LogP contribution >= 0.6 is 11.3 Å². The molecule has 0 bridgehead atoms. The van der Waals surface area contributed by atoms with Gasteiger partial charge in [0.25, 0.3) is 0 Å². The lowest BCUT2D eigenvalue weighted by molar-refractivity contribution is -0.146.